The van der Waals surface area contributed by atoms with E-state index in [1.54, 1.807) is 11.3 Å². The SMILES string of the molecule is Cc1ccc(-c2nc(NC(=O)C3CCCCC3)sc2C)cc1C. The number of aryl methyl sites for hydroxylation is 3. The molecule has 1 aromatic carbocycles. The zero-order valence-electron chi connectivity index (χ0n) is 14.1. The molecule has 0 radical (unpaired) electrons. The van der Waals surface area contributed by atoms with E-state index in [0.717, 1.165) is 34.1 Å². The Bertz CT molecular complexity index is 714. The Kier molecular flexibility index (Phi) is 4.81. The van der Waals surface area contributed by atoms with E-state index in [0.29, 0.717) is 0 Å². The van der Waals surface area contributed by atoms with Crippen LogP contribution in [0.5, 0.6) is 0 Å². The van der Waals surface area contributed by atoms with E-state index in [1.165, 1.54) is 30.4 Å². The van der Waals surface area contributed by atoms with Crippen LogP contribution in [0.2, 0.25) is 0 Å². The summed E-state index contributed by atoms with van der Waals surface area (Å²) in [5.74, 6) is 0.308. The summed E-state index contributed by atoms with van der Waals surface area (Å²) in [5.41, 5.74) is 4.66. The van der Waals surface area contributed by atoms with Crippen LogP contribution in [0.1, 0.15) is 48.1 Å². The third-order valence-electron chi connectivity index (χ3n) is 4.78. The van der Waals surface area contributed by atoms with E-state index in [1.807, 2.05) is 0 Å². The van der Waals surface area contributed by atoms with Crippen LogP contribution in [0.3, 0.4) is 0 Å². The van der Waals surface area contributed by atoms with Crippen molar-refractivity contribution < 1.29 is 4.79 Å². The van der Waals surface area contributed by atoms with Crippen molar-refractivity contribution in [1.82, 2.24) is 4.98 Å². The molecule has 1 N–H and O–H groups in total. The molecule has 0 spiro atoms. The van der Waals surface area contributed by atoms with Gasteiger partial charge in [-0.3, -0.25) is 4.79 Å². The quantitative estimate of drug-likeness (QED) is 0.835. The molecule has 1 heterocycles. The van der Waals surface area contributed by atoms with Gasteiger partial charge in [0, 0.05) is 16.4 Å². The predicted molar refractivity (Wildman–Crippen MR) is 97.0 cm³/mol. The van der Waals surface area contributed by atoms with Crippen molar-refractivity contribution >= 4 is 22.4 Å². The fourth-order valence-corrected chi connectivity index (χ4v) is 4.02. The van der Waals surface area contributed by atoms with E-state index in [9.17, 15) is 4.79 Å². The number of hydrogen-bond donors (Lipinski definition) is 1. The molecule has 0 aliphatic heterocycles. The highest BCUT2D eigenvalue weighted by molar-refractivity contribution is 7.16. The van der Waals surface area contributed by atoms with Gasteiger partial charge in [-0.05, 0) is 50.8 Å². The number of anilines is 1. The Hall–Kier alpha value is -1.68. The van der Waals surface area contributed by atoms with Gasteiger partial charge in [0.2, 0.25) is 5.91 Å². The fourth-order valence-electron chi connectivity index (χ4n) is 3.18. The zero-order valence-corrected chi connectivity index (χ0v) is 14.9. The van der Waals surface area contributed by atoms with E-state index in [4.69, 9.17) is 0 Å². The molecule has 3 rings (SSSR count). The largest absolute Gasteiger partial charge is 0.302 e. The van der Waals surface area contributed by atoms with Crippen LogP contribution in [0.4, 0.5) is 5.13 Å². The molecule has 1 aromatic heterocycles. The molecule has 2 aromatic rings. The van der Waals surface area contributed by atoms with Crippen LogP contribution in [0.15, 0.2) is 18.2 Å². The molecule has 4 heteroatoms. The molecule has 3 nitrogen and oxygen atoms in total. The van der Waals surface area contributed by atoms with Gasteiger partial charge < -0.3 is 5.32 Å². The summed E-state index contributed by atoms with van der Waals surface area (Å²) in [6.07, 6.45) is 5.63. The zero-order chi connectivity index (χ0) is 16.4. The second-order valence-electron chi connectivity index (χ2n) is 6.55. The van der Waals surface area contributed by atoms with Crippen molar-refractivity contribution in [3.63, 3.8) is 0 Å². The highest BCUT2D eigenvalue weighted by Gasteiger charge is 2.22. The van der Waals surface area contributed by atoms with Gasteiger partial charge in [-0.1, -0.05) is 31.4 Å². The Morgan fingerprint density at radius 2 is 1.87 bits per heavy atom. The maximum Gasteiger partial charge on any atom is 0.229 e. The molecule has 122 valence electrons. The number of nitrogens with zero attached hydrogens (tertiary/aromatic N) is 1. The number of amides is 1. The minimum absolute atomic E-state index is 0.144. The second kappa shape index (κ2) is 6.83. The molecule has 0 bridgehead atoms. The van der Waals surface area contributed by atoms with Crippen molar-refractivity contribution in [2.24, 2.45) is 5.92 Å². The number of nitrogens with one attached hydrogen (secondary N) is 1. The molecule has 1 aliphatic rings. The lowest BCUT2D eigenvalue weighted by atomic mass is 9.89. The smallest absolute Gasteiger partial charge is 0.229 e. The summed E-state index contributed by atoms with van der Waals surface area (Å²) < 4.78 is 0. The summed E-state index contributed by atoms with van der Waals surface area (Å²) in [6, 6.07) is 6.41. The molecule has 0 saturated heterocycles. The topological polar surface area (TPSA) is 42.0 Å². The van der Waals surface area contributed by atoms with Gasteiger partial charge in [0.1, 0.15) is 0 Å². The van der Waals surface area contributed by atoms with Crippen LogP contribution in [-0.4, -0.2) is 10.9 Å². The fraction of sp³-hybridized carbons (Fsp3) is 0.474. The number of benzene rings is 1. The third kappa shape index (κ3) is 3.63. The van der Waals surface area contributed by atoms with E-state index < -0.39 is 0 Å². The van der Waals surface area contributed by atoms with Crippen LogP contribution < -0.4 is 5.32 Å². The summed E-state index contributed by atoms with van der Waals surface area (Å²) in [4.78, 5) is 18.2. The summed E-state index contributed by atoms with van der Waals surface area (Å²) >= 11 is 1.57. The van der Waals surface area contributed by atoms with Gasteiger partial charge in [0.25, 0.3) is 0 Å². The van der Waals surface area contributed by atoms with E-state index in [-0.39, 0.29) is 11.8 Å². The van der Waals surface area contributed by atoms with E-state index in [2.05, 4.69) is 49.3 Å². The van der Waals surface area contributed by atoms with Gasteiger partial charge >= 0.3 is 0 Å². The second-order valence-corrected chi connectivity index (χ2v) is 7.75. The maximum absolute atomic E-state index is 12.4. The molecule has 0 atom stereocenters. The lowest BCUT2D eigenvalue weighted by Crippen LogP contribution is -2.24. The summed E-state index contributed by atoms with van der Waals surface area (Å²) in [7, 11) is 0. The first-order valence-corrected chi connectivity index (χ1v) is 9.22. The number of rotatable bonds is 3. The van der Waals surface area contributed by atoms with Crippen molar-refractivity contribution in [2.45, 2.75) is 52.9 Å². The lowest BCUT2D eigenvalue weighted by molar-refractivity contribution is -0.120. The number of carbonyl (C=O) groups is 1. The number of hydrogen-bond acceptors (Lipinski definition) is 3. The minimum atomic E-state index is 0.144. The molecule has 1 amide bonds. The summed E-state index contributed by atoms with van der Waals surface area (Å²) in [5, 5.41) is 3.77. The maximum atomic E-state index is 12.4. The van der Waals surface area contributed by atoms with Crippen molar-refractivity contribution in [1.29, 1.82) is 0 Å². The van der Waals surface area contributed by atoms with Crippen molar-refractivity contribution in [2.75, 3.05) is 5.32 Å². The van der Waals surface area contributed by atoms with Crippen LogP contribution in [0.25, 0.3) is 11.3 Å². The molecular weight excluding hydrogens is 304 g/mol. The Morgan fingerprint density at radius 3 is 2.57 bits per heavy atom. The van der Waals surface area contributed by atoms with Gasteiger partial charge in [-0.25, -0.2) is 4.98 Å². The van der Waals surface area contributed by atoms with Crippen molar-refractivity contribution in [3.8, 4) is 11.3 Å². The standard InChI is InChI=1S/C19H24N2OS/c1-12-9-10-16(11-13(12)2)17-14(3)23-19(20-17)21-18(22)15-7-5-4-6-8-15/h9-11,15H,4-8H2,1-3H3,(H,20,21,22). The van der Waals surface area contributed by atoms with Crippen molar-refractivity contribution in [3.05, 3.63) is 34.2 Å². The molecule has 1 saturated carbocycles. The highest BCUT2D eigenvalue weighted by atomic mass is 32.1. The van der Waals surface area contributed by atoms with Gasteiger partial charge in [0.15, 0.2) is 5.13 Å². The van der Waals surface area contributed by atoms with Gasteiger partial charge in [0.05, 0.1) is 5.69 Å². The number of aromatic nitrogens is 1. The Labute approximate surface area is 142 Å². The lowest BCUT2D eigenvalue weighted by Gasteiger charge is -2.19. The average molecular weight is 328 g/mol. The third-order valence-corrected chi connectivity index (χ3v) is 5.67. The summed E-state index contributed by atoms with van der Waals surface area (Å²) in [6.45, 7) is 6.30. The monoisotopic (exact) mass is 328 g/mol. The van der Waals surface area contributed by atoms with Crippen LogP contribution in [-0.2, 0) is 4.79 Å². The van der Waals surface area contributed by atoms with Gasteiger partial charge in [-0.2, -0.15) is 0 Å². The van der Waals surface area contributed by atoms with Crippen LogP contribution >= 0.6 is 11.3 Å². The molecule has 0 unspecified atom stereocenters. The first-order valence-electron chi connectivity index (χ1n) is 8.40. The minimum Gasteiger partial charge on any atom is -0.302 e. The molecular formula is C19H24N2OS. The normalized spacial score (nSPS) is 15.6. The molecule has 1 fully saturated rings. The molecule has 23 heavy (non-hydrogen) atoms. The highest BCUT2D eigenvalue weighted by Crippen LogP contribution is 2.32. The number of thiazole rings is 1. The van der Waals surface area contributed by atoms with Crippen LogP contribution in [0, 0.1) is 26.7 Å². The number of carbonyl (C=O) groups excluding carboxylic acids is 1. The Balaban J connectivity index is 1.77. The Morgan fingerprint density at radius 1 is 1.13 bits per heavy atom. The van der Waals surface area contributed by atoms with E-state index >= 15 is 0 Å². The molecule has 1 aliphatic carbocycles. The first-order chi connectivity index (χ1) is 11.0. The first kappa shape index (κ1) is 16.2. The average Bonchev–Trinajstić information content (AvgIpc) is 2.91. The van der Waals surface area contributed by atoms with Gasteiger partial charge in [-0.15, -0.1) is 11.3 Å². The predicted octanol–water partition coefficient (Wildman–Crippen LogP) is 5.25.